The molecule has 0 aromatic heterocycles. The maximum absolute atomic E-state index is 6.03. The summed E-state index contributed by atoms with van der Waals surface area (Å²) in [5, 5.41) is 4.30. The van der Waals surface area contributed by atoms with Gasteiger partial charge in [0, 0.05) is 23.6 Å². The van der Waals surface area contributed by atoms with E-state index in [1.54, 1.807) is 0 Å². The maximum Gasteiger partial charge on any atom is 0.0408 e. The first-order valence-electron chi connectivity index (χ1n) is 11.3. The number of hydrogen-bond donors (Lipinski definition) is 1. The van der Waals surface area contributed by atoms with Crippen LogP contribution in [-0.2, 0) is 13.0 Å². The van der Waals surface area contributed by atoms with Crippen molar-refractivity contribution < 1.29 is 0 Å². The van der Waals surface area contributed by atoms with Crippen molar-refractivity contribution in [3.8, 4) is 11.8 Å². The Balaban J connectivity index is 1.56. The van der Waals surface area contributed by atoms with Gasteiger partial charge in [-0.1, -0.05) is 99.6 Å². The summed E-state index contributed by atoms with van der Waals surface area (Å²) in [5.41, 5.74) is 3.68. The van der Waals surface area contributed by atoms with Crippen molar-refractivity contribution in [2.75, 3.05) is 6.54 Å². The Morgan fingerprint density at radius 1 is 0.828 bits per heavy atom. The third kappa shape index (κ3) is 11.1. The van der Waals surface area contributed by atoms with Crippen LogP contribution in [0.1, 0.15) is 81.4 Å². The van der Waals surface area contributed by atoms with E-state index in [9.17, 15) is 0 Å². The van der Waals surface area contributed by atoms with Crippen LogP contribution in [0.2, 0.25) is 5.02 Å². The van der Waals surface area contributed by atoms with Gasteiger partial charge in [-0.15, -0.1) is 0 Å². The summed E-state index contributed by atoms with van der Waals surface area (Å²) in [6.45, 7) is 4.10. The predicted molar refractivity (Wildman–Crippen MR) is 127 cm³/mol. The Morgan fingerprint density at radius 3 is 2.28 bits per heavy atom. The van der Waals surface area contributed by atoms with Crippen molar-refractivity contribution in [3.63, 3.8) is 0 Å². The van der Waals surface area contributed by atoms with Gasteiger partial charge in [0.05, 0.1) is 0 Å². The Bertz CT molecular complexity index is 739. The zero-order valence-electron chi connectivity index (χ0n) is 18.0. The number of hydrogen-bond acceptors (Lipinski definition) is 1. The molecule has 0 amide bonds. The summed E-state index contributed by atoms with van der Waals surface area (Å²) in [4.78, 5) is 0. The number of rotatable bonds is 13. The molecule has 1 nitrogen and oxygen atoms in total. The van der Waals surface area contributed by atoms with Gasteiger partial charge in [-0.25, -0.2) is 0 Å². The highest BCUT2D eigenvalue weighted by Crippen LogP contribution is 2.11. The highest BCUT2D eigenvalue weighted by Gasteiger charge is 1.96. The molecule has 0 saturated carbocycles. The third-order valence-electron chi connectivity index (χ3n) is 5.15. The van der Waals surface area contributed by atoms with E-state index in [1.807, 2.05) is 18.2 Å². The summed E-state index contributed by atoms with van der Waals surface area (Å²) in [6, 6.07) is 16.7. The van der Waals surface area contributed by atoms with E-state index < -0.39 is 0 Å². The molecule has 0 atom stereocenters. The molecule has 0 aliphatic rings. The average Bonchev–Trinajstić information content (AvgIpc) is 2.73. The molecule has 0 spiro atoms. The van der Waals surface area contributed by atoms with Crippen molar-refractivity contribution >= 4 is 11.6 Å². The second-order valence-corrected chi connectivity index (χ2v) is 8.22. The summed E-state index contributed by atoms with van der Waals surface area (Å²) in [5.74, 6) is 6.63. The lowest BCUT2D eigenvalue weighted by Crippen LogP contribution is -2.16. The van der Waals surface area contributed by atoms with E-state index in [0.717, 1.165) is 36.5 Å². The van der Waals surface area contributed by atoms with Gasteiger partial charge in [-0.3, -0.25) is 0 Å². The smallest absolute Gasteiger partial charge is 0.0408 e. The van der Waals surface area contributed by atoms with Crippen molar-refractivity contribution in [2.45, 2.75) is 77.7 Å². The molecule has 1 N–H and O–H groups in total. The lowest BCUT2D eigenvalue weighted by molar-refractivity contribution is 0.579. The van der Waals surface area contributed by atoms with Crippen LogP contribution >= 0.6 is 11.6 Å². The SMILES string of the molecule is CCCCCCCCCCC#Cc1ccc(CNCCc2cccc(Cl)c2)cc1. The van der Waals surface area contributed by atoms with Crippen LogP contribution in [0.5, 0.6) is 0 Å². The first-order valence-corrected chi connectivity index (χ1v) is 11.7. The van der Waals surface area contributed by atoms with Gasteiger partial charge in [-0.05, 0) is 54.8 Å². The summed E-state index contributed by atoms with van der Waals surface area (Å²) >= 11 is 6.03. The zero-order valence-corrected chi connectivity index (χ0v) is 18.7. The van der Waals surface area contributed by atoms with Gasteiger partial charge in [-0.2, -0.15) is 0 Å². The maximum atomic E-state index is 6.03. The molecule has 0 saturated heterocycles. The van der Waals surface area contributed by atoms with E-state index in [-0.39, 0.29) is 0 Å². The minimum Gasteiger partial charge on any atom is -0.312 e. The fraction of sp³-hybridized carbons (Fsp3) is 0.481. The summed E-state index contributed by atoms with van der Waals surface area (Å²) in [6.07, 6.45) is 12.8. The second-order valence-electron chi connectivity index (χ2n) is 7.78. The van der Waals surface area contributed by atoms with Crippen molar-refractivity contribution in [2.24, 2.45) is 0 Å². The Morgan fingerprint density at radius 2 is 1.55 bits per heavy atom. The number of benzene rings is 2. The molecular formula is C27H36ClN. The van der Waals surface area contributed by atoms with E-state index in [1.165, 1.54) is 62.5 Å². The van der Waals surface area contributed by atoms with Crippen molar-refractivity contribution in [1.82, 2.24) is 5.32 Å². The Labute approximate surface area is 183 Å². The minimum absolute atomic E-state index is 0.807. The monoisotopic (exact) mass is 409 g/mol. The minimum atomic E-state index is 0.807. The molecule has 0 bridgehead atoms. The Kier molecular flexibility index (Phi) is 12.3. The Hall–Kier alpha value is -1.75. The van der Waals surface area contributed by atoms with Crippen LogP contribution in [-0.4, -0.2) is 6.54 Å². The molecule has 2 heteroatoms. The summed E-state index contributed by atoms with van der Waals surface area (Å²) < 4.78 is 0. The van der Waals surface area contributed by atoms with Crippen LogP contribution in [0.4, 0.5) is 0 Å². The van der Waals surface area contributed by atoms with Gasteiger partial charge < -0.3 is 5.32 Å². The molecule has 2 aromatic carbocycles. The molecule has 2 aromatic rings. The number of halogens is 1. The standard InChI is InChI=1S/C27H36ClN/c1-2-3-4-5-6-7-8-9-10-11-13-24-16-18-26(19-17-24)23-29-21-20-25-14-12-15-27(28)22-25/h12,14-19,22,29H,2-10,20-21,23H2,1H3. The van der Waals surface area contributed by atoms with Gasteiger partial charge in [0.15, 0.2) is 0 Å². The molecule has 0 radical (unpaired) electrons. The highest BCUT2D eigenvalue weighted by atomic mass is 35.5. The quantitative estimate of drug-likeness (QED) is 0.266. The van der Waals surface area contributed by atoms with Crippen molar-refractivity contribution in [1.29, 1.82) is 0 Å². The van der Waals surface area contributed by atoms with E-state index in [4.69, 9.17) is 11.6 Å². The topological polar surface area (TPSA) is 12.0 Å². The first kappa shape index (κ1) is 23.5. The number of nitrogens with one attached hydrogen (secondary N) is 1. The van der Waals surface area contributed by atoms with Crippen LogP contribution in [0.3, 0.4) is 0 Å². The highest BCUT2D eigenvalue weighted by molar-refractivity contribution is 6.30. The molecule has 29 heavy (non-hydrogen) atoms. The molecule has 0 aliphatic heterocycles. The van der Waals surface area contributed by atoms with Gasteiger partial charge in [0.2, 0.25) is 0 Å². The molecule has 2 rings (SSSR count). The van der Waals surface area contributed by atoms with Crippen LogP contribution < -0.4 is 5.32 Å². The second kappa shape index (κ2) is 15.1. The van der Waals surface area contributed by atoms with Gasteiger partial charge in [0.1, 0.15) is 0 Å². The molecule has 0 unspecified atom stereocenters. The van der Waals surface area contributed by atoms with Crippen LogP contribution in [0.15, 0.2) is 48.5 Å². The summed E-state index contributed by atoms with van der Waals surface area (Å²) in [7, 11) is 0. The fourth-order valence-corrected chi connectivity index (χ4v) is 3.59. The number of unbranched alkanes of at least 4 members (excludes halogenated alkanes) is 8. The fourth-order valence-electron chi connectivity index (χ4n) is 3.38. The van der Waals surface area contributed by atoms with Crippen LogP contribution in [0.25, 0.3) is 0 Å². The molecule has 0 heterocycles. The van der Waals surface area contributed by atoms with Gasteiger partial charge >= 0.3 is 0 Å². The first-order chi connectivity index (χ1) is 14.3. The van der Waals surface area contributed by atoms with E-state index >= 15 is 0 Å². The molecular weight excluding hydrogens is 374 g/mol. The lowest BCUT2D eigenvalue weighted by Gasteiger charge is -2.06. The molecule has 156 valence electrons. The average molecular weight is 410 g/mol. The van der Waals surface area contributed by atoms with Crippen LogP contribution in [0, 0.1) is 11.8 Å². The lowest BCUT2D eigenvalue weighted by atomic mass is 10.1. The largest absolute Gasteiger partial charge is 0.312 e. The van der Waals surface area contributed by atoms with Crippen molar-refractivity contribution in [3.05, 3.63) is 70.2 Å². The normalized spacial score (nSPS) is 10.6. The third-order valence-corrected chi connectivity index (χ3v) is 5.39. The molecule has 0 aliphatic carbocycles. The van der Waals surface area contributed by atoms with E-state index in [0.29, 0.717) is 0 Å². The van der Waals surface area contributed by atoms with E-state index in [2.05, 4.69) is 54.4 Å². The zero-order chi connectivity index (χ0) is 20.6. The predicted octanol–water partition coefficient (Wildman–Crippen LogP) is 7.55. The molecule has 0 fully saturated rings. The van der Waals surface area contributed by atoms with Gasteiger partial charge in [0.25, 0.3) is 0 Å².